The number of esters is 1. The van der Waals surface area contributed by atoms with Crippen molar-refractivity contribution in [2.75, 3.05) is 0 Å². The van der Waals surface area contributed by atoms with E-state index in [-0.39, 0.29) is 22.9 Å². The molecule has 0 radical (unpaired) electrons. The Hall–Kier alpha value is -1.05. The molecule has 0 N–H and O–H groups in total. The van der Waals surface area contributed by atoms with Crippen LogP contribution in [0.5, 0.6) is 0 Å². The lowest BCUT2D eigenvalue weighted by Gasteiger charge is -2.70. The molecule has 2 heteroatoms. The highest BCUT2D eigenvalue weighted by Crippen LogP contribution is 2.75. The summed E-state index contributed by atoms with van der Waals surface area (Å²) in [6, 6.07) is 0. The van der Waals surface area contributed by atoms with Crippen molar-refractivity contribution in [2.45, 2.75) is 139 Å². The lowest BCUT2D eigenvalue weighted by atomic mass is 9.35. The lowest BCUT2D eigenvalue weighted by Crippen LogP contribution is -2.61. The van der Waals surface area contributed by atoms with Crippen LogP contribution in [0.3, 0.4) is 0 Å². The zero-order valence-electron chi connectivity index (χ0n) is 25.0. The van der Waals surface area contributed by atoms with E-state index in [4.69, 9.17) is 4.74 Å². The summed E-state index contributed by atoms with van der Waals surface area (Å²) in [4.78, 5) is 11.9. The Labute approximate surface area is 222 Å². The van der Waals surface area contributed by atoms with Crippen LogP contribution in [-0.2, 0) is 9.53 Å². The van der Waals surface area contributed by atoms with Crippen LogP contribution in [0.1, 0.15) is 133 Å². The van der Waals surface area contributed by atoms with E-state index in [2.05, 4.69) is 62.0 Å². The molecular formula is C34H54O2. The summed E-state index contributed by atoms with van der Waals surface area (Å²) in [6.07, 6.45) is 14.1. The minimum absolute atomic E-state index is 0.0245. The molecule has 0 amide bonds. The average molecular weight is 495 g/mol. The van der Waals surface area contributed by atoms with E-state index in [1.54, 1.807) is 6.92 Å². The smallest absolute Gasteiger partial charge is 0.302 e. The van der Waals surface area contributed by atoms with E-state index >= 15 is 0 Å². The van der Waals surface area contributed by atoms with Crippen molar-refractivity contribution in [1.29, 1.82) is 0 Å². The number of fused-ring (bicyclic) bond motifs is 6. The molecule has 0 aromatic heterocycles. The molecule has 5 aliphatic carbocycles. The van der Waals surface area contributed by atoms with Gasteiger partial charge in [0.1, 0.15) is 6.10 Å². The SMILES string of the molecule is C=C(C)[C@]1(C)CC[C@]2(C)CC[C@]3(C)C4=C(CC[C@@]3(C)[C@@H]2C1)[C@@]1(C)CC[C@H](OC(C)=O)C(C)(C)[C@@H]1CC4. The van der Waals surface area contributed by atoms with Crippen LogP contribution < -0.4 is 0 Å². The first-order valence-corrected chi connectivity index (χ1v) is 15.1. The summed E-state index contributed by atoms with van der Waals surface area (Å²) >= 11 is 0. The summed E-state index contributed by atoms with van der Waals surface area (Å²) in [5, 5.41) is 0. The third-order valence-corrected chi connectivity index (χ3v) is 14.0. The fraction of sp³-hybridized carbons (Fsp3) is 0.853. The molecule has 0 spiro atoms. The fourth-order valence-electron chi connectivity index (χ4n) is 11.1. The monoisotopic (exact) mass is 494 g/mol. The van der Waals surface area contributed by atoms with Crippen molar-refractivity contribution in [1.82, 2.24) is 0 Å². The van der Waals surface area contributed by atoms with Crippen molar-refractivity contribution in [3.8, 4) is 0 Å². The van der Waals surface area contributed by atoms with E-state index in [1.807, 2.05) is 11.1 Å². The molecule has 0 unspecified atom stereocenters. The van der Waals surface area contributed by atoms with Gasteiger partial charge in [-0.25, -0.2) is 0 Å². The van der Waals surface area contributed by atoms with Gasteiger partial charge in [-0.1, -0.05) is 71.8 Å². The van der Waals surface area contributed by atoms with Crippen molar-refractivity contribution in [3.63, 3.8) is 0 Å². The molecule has 5 rings (SSSR count). The third-order valence-electron chi connectivity index (χ3n) is 14.0. The molecule has 0 heterocycles. The highest BCUT2D eigenvalue weighted by Gasteiger charge is 2.66. The Morgan fingerprint density at radius 2 is 1.47 bits per heavy atom. The van der Waals surface area contributed by atoms with Gasteiger partial charge in [-0.15, -0.1) is 0 Å². The molecule has 0 saturated heterocycles. The van der Waals surface area contributed by atoms with Crippen LogP contribution >= 0.6 is 0 Å². The fourth-order valence-corrected chi connectivity index (χ4v) is 11.1. The zero-order chi connectivity index (χ0) is 26.5. The molecule has 0 bridgehead atoms. The summed E-state index contributed by atoms with van der Waals surface area (Å²) in [6.45, 7) is 26.2. The average Bonchev–Trinajstić information content (AvgIpc) is 2.78. The molecule has 8 atom stereocenters. The number of rotatable bonds is 2. The zero-order valence-corrected chi connectivity index (χ0v) is 25.0. The molecular weight excluding hydrogens is 440 g/mol. The maximum Gasteiger partial charge on any atom is 0.302 e. The number of hydrogen-bond acceptors (Lipinski definition) is 2. The minimum Gasteiger partial charge on any atom is -0.462 e. The highest BCUT2D eigenvalue weighted by atomic mass is 16.5. The first-order chi connectivity index (χ1) is 16.5. The minimum atomic E-state index is -0.118. The van der Waals surface area contributed by atoms with Crippen molar-refractivity contribution >= 4 is 5.97 Å². The Morgan fingerprint density at radius 3 is 2.11 bits per heavy atom. The van der Waals surface area contributed by atoms with Gasteiger partial charge in [0, 0.05) is 12.3 Å². The topological polar surface area (TPSA) is 26.3 Å². The van der Waals surface area contributed by atoms with E-state index < -0.39 is 0 Å². The molecule has 3 saturated carbocycles. The maximum atomic E-state index is 11.9. The summed E-state index contributed by atoms with van der Waals surface area (Å²) in [7, 11) is 0. The second-order valence-corrected chi connectivity index (χ2v) is 15.9. The number of hydrogen-bond donors (Lipinski definition) is 0. The third kappa shape index (κ3) is 3.37. The van der Waals surface area contributed by atoms with Gasteiger partial charge in [-0.05, 0) is 116 Å². The largest absolute Gasteiger partial charge is 0.462 e. The molecule has 2 nitrogen and oxygen atoms in total. The second-order valence-electron chi connectivity index (χ2n) is 15.9. The lowest BCUT2D eigenvalue weighted by molar-refractivity contribution is -0.170. The standard InChI is InChI=1S/C34H54O2/c1-22(2)31(7)18-17-30(6)19-20-33(9)25-11-12-26-29(4,5)28(36-23(3)35)14-15-32(26,8)24(25)13-16-34(33,10)27(30)21-31/h26-28H,1,11-21H2,2-10H3/t26-,27+,28-,30+,31+,32+,33+,34-/m0/s1. The molecule has 5 aliphatic rings. The molecule has 36 heavy (non-hydrogen) atoms. The van der Waals surface area contributed by atoms with Crippen LogP contribution in [0, 0.1) is 44.3 Å². The first-order valence-electron chi connectivity index (χ1n) is 15.1. The van der Waals surface area contributed by atoms with E-state index in [1.165, 1.54) is 69.8 Å². The molecule has 0 aliphatic heterocycles. The Kier molecular flexibility index (Phi) is 5.89. The quantitative estimate of drug-likeness (QED) is 0.282. The van der Waals surface area contributed by atoms with Crippen LogP contribution in [-0.4, -0.2) is 12.1 Å². The van der Waals surface area contributed by atoms with Gasteiger partial charge >= 0.3 is 5.97 Å². The van der Waals surface area contributed by atoms with E-state index in [0.29, 0.717) is 27.6 Å². The highest BCUT2D eigenvalue weighted by molar-refractivity contribution is 5.66. The van der Waals surface area contributed by atoms with Gasteiger partial charge in [0.25, 0.3) is 0 Å². The van der Waals surface area contributed by atoms with Gasteiger partial charge < -0.3 is 4.74 Å². The van der Waals surface area contributed by atoms with Crippen molar-refractivity contribution in [3.05, 3.63) is 23.3 Å². The number of allylic oxidation sites excluding steroid dienone is 3. The second kappa shape index (κ2) is 7.98. The van der Waals surface area contributed by atoms with Crippen LogP contribution in [0.25, 0.3) is 0 Å². The van der Waals surface area contributed by atoms with Gasteiger partial charge in [-0.2, -0.15) is 0 Å². The number of ether oxygens (including phenoxy) is 1. The van der Waals surface area contributed by atoms with Crippen molar-refractivity contribution in [2.24, 2.45) is 44.3 Å². The van der Waals surface area contributed by atoms with Crippen LogP contribution in [0.4, 0.5) is 0 Å². The Bertz CT molecular complexity index is 1000. The molecule has 202 valence electrons. The van der Waals surface area contributed by atoms with Crippen molar-refractivity contribution < 1.29 is 9.53 Å². The molecule has 3 fully saturated rings. The molecule has 0 aromatic carbocycles. The van der Waals surface area contributed by atoms with Gasteiger partial charge in [0.2, 0.25) is 0 Å². The predicted octanol–water partition coefficient (Wildman–Crippen LogP) is 9.44. The molecule has 0 aromatic rings. The van der Waals surface area contributed by atoms with Crippen LogP contribution in [0.15, 0.2) is 23.3 Å². The van der Waals surface area contributed by atoms with Gasteiger partial charge in [-0.3, -0.25) is 4.79 Å². The number of carbonyl (C=O) groups is 1. The Balaban J connectivity index is 1.54. The summed E-state index contributed by atoms with van der Waals surface area (Å²) < 4.78 is 5.91. The number of carbonyl (C=O) groups excluding carboxylic acids is 1. The summed E-state index contributed by atoms with van der Waals surface area (Å²) in [5.41, 5.74) is 6.81. The van der Waals surface area contributed by atoms with Gasteiger partial charge in [0.15, 0.2) is 0 Å². The maximum absolute atomic E-state index is 11.9. The Morgan fingerprint density at radius 1 is 0.806 bits per heavy atom. The first kappa shape index (κ1) is 26.6. The predicted molar refractivity (Wildman–Crippen MR) is 149 cm³/mol. The summed E-state index contributed by atoms with van der Waals surface area (Å²) in [5.74, 6) is 1.24. The van der Waals surface area contributed by atoms with Gasteiger partial charge in [0.05, 0.1) is 0 Å². The van der Waals surface area contributed by atoms with E-state index in [0.717, 1.165) is 12.3 Å². The normalized spacial score (nSPS) is 49.8. The van der Waals surface area contributed by atoms with E-state index in [9.17, 15) is 4.79 Å². The van der Waals surface area contributed by atoms with Crippen LogP contribution in [0.2, 0.25) is 0 Å².